The fourth-order valence-corrected chi connectivity index (χ4v) is 5.68. The van der Waals surface area contributed by atoms with Gasteiger partial charge in [0.25, 0.3) is 0 Å². The monoisotopic (exact) mass is 570 g/mol. The minimum atomic E-state index is -0.530. The summed E-state index contributed by atoms with van der Waals surface area (Å²) < 4.78 is 13.0. The normalized spacial score (nSPS) is 11.7. The molecule has 1 amide bonds. The van der Waals surface area contributed by atoms with Gasteiger partial charge >= 0.3 is 5.97 Å². The van der Waals surface area contributed by atoms with Gasteiger partial charge in [-0.2, -0.15) is 0 Å². The van der Waals surface area contributed by atoms with Crippen LogP contribution in [0.5, 0.6) is 5.75 Å². The van der Waals surface area contributed by atoms with Gasteiger partial charge in [0.05, 0.1) is 12.9 Å². The van der Waals surface area contributed by atoms with Crippen LogP contribution in [-0.2, 0) is 16.1 Å². The van der Waals surface area contributed by atoms with Gasteiger partial charge in [-0.05, 0) is 50.6 Å². The number of nitrogens with one attached hydrogen (secondary N) is 1. The van der Waals surface area contributed by atoms with Crippen LogP contribution in [0.3, 0.4) is 0 Å². The largest absolute Gasteiger partial charge is 0.483 e. The van der Waals surface area contributed by atoms with Crippen molar-refractivity contribution in [3.8, 4) is 16.9 Å². The van der Waals surface area contributed by atoms with E-state index in [4.69, 9.17) is 21.1 Å². The molecule has 0 fully saturated rings. The van der Waals surface area contributed by atoms with E-state index in [1.807, 2.05) is 67.1 Å². The number of thioether (sulfide) groups is 1. The summed E-state index contributed by atoms with van der Waals surface area (Å²) in [7, 11) is 1.31. The quantitative estimate of drug-likeness (QED) is 0.168. The van der Waals surface area contributed by atoms with Crippen LogP contribution in [0.2, 0.25) is 5.02 Å². The summed E-state index contributed by atoms with van der Waals surface area (Å²) in [6.07, 6.45) is -0.326. The van der Waals surface area contributed by atoms with Crippen molar-refractivity contribution in [2.24, 2.45) is 0 Å². The van der Waals surface area contributed by atoms with Crippen molar-refractivity contribution in [2.75, 3.05) is 18.2 Å². The number of ether oxygens (including phenoxy) is 2. The molecular weight excluding hydrogens is 544 g/mol. The zero-order valence-corrected chi connectivity index (χ0v) is 23.7. The first kappa shape index (κ1) is 27.7. The lowest BCUT2D eigenvalue weighted by molar-refractivity contribution is -0.113. The topological polar surface area (TPSA) is 95.3 Å². The summed E-state index contributed by atoms with van der Waals surface area (Å²) >= 11 is 8.53. The Bertz CT molecular complexity index is 1420. The molecular formula is C27H27ClN4O4S2. The van der Waals surface area contributed by atoms with E-state index in [9.17, 15) is 9.59 Å². The van der Waals surface area contributed by atoms with Crippen molar-refractivity contribution >= 4 is 51.6 Å². The van der Waals surface area contributed by atoms with Crippen molar-refractivity contribution in [1.82, 2.24) is 14.8 Å². The molecule has 198 valence electrons. The Morgan fingerprint density at radius 1 is 1.13 bits per heavy atom. The molecule has 0 saturated carbocycles. The number of thiophene rings is 1. The van der Waals surface area contributed by atoms with Gasteiger partial charge in [0.1, 0.15) is 16.3 Å². The van der Waals surface area contributed by atoms with E-state index in [-0.39, 0.29) is 17.8 Å². The lowest BCUT2D eigenvalue weighted by atomic mass is 10.0. The molecule has 2 heterocycles. The molecule has 1 atom stereocenters. The molecule has 0 saturated heterocycles. The van der Waals surface area contributed by atoms with E-state index in [1.165, 1.54) is 30.2 Å². The third kappa shape index (κ3) is 6.38. The van der Waals surface area contributed by atoms with E-state index >= 15 is 0 Å². The van der Waals surface area contributed by atoms with Crippen LogP contribution in [0.25, 0.3) is 11.1 Å². The van der Waals surface area contributed by atoms with Gasteiger partial charge < -0.3 is 19.4 Å². The predicted octanol–water partition coefficient (Wildman–Crippen LogP) is 6.65. The maximum Gasteiger partial charge on any atom is 0.341 e. The number of rotatable bonds is 10. The zero-order valence-electron chi connectivity index (χ0n) is 21.4. The number of methoxy groups -OCH3 is 1. The van der Waals surface area contributed by atoms with Crippen LogP contribution >= 0.6 is 34.7 Å². The summed E-state index contributed by atoms with van der Waals surface area (Å²) in [6, 6.07) is 14.9. The second kappa shape index (κ2) is 12.5. The van der Waals surface area contributed by atoms with E-state index in [2.05, 4.69) is 15.5 Å². The van der Waals surface area contributed by atoms with Gasteiger partial charge in [0, 0.05) is 22.5 Å². The van der Waals surface area contributed by atoms with Crippen LogP contribution in [-0.4, -0.2) is 39.5 Å². The van der Waals surface area contributed by atoms with Crippen LogP contribution in [0, 0.1) is 6.92 Å². The number of hydrogen-bond donors (Lipinski definition) is 1. The summed E-state index contributed by atoms with van der Waals surface area (Å²) in [6.45, 7) is 6.55. The Balaban J connectivity index is 1.45. The van der Waals surface area contributed by atoms with E-state index in [1.54, 1.807) is 12.1 Å². The number of aryl methyl sites for hydroxylation is 1. The maximum atomic E-state index is 12.9. The van der Waals surface area contributed by atoms with Gasteiger partial charge in [-0.1, -0.05) is 53.2 Å². The summed E-state index contributed by atoms with van der Waals surface area (Å²) in [5.74, 6) is 0.700. The van der Waals surface area contributed by atoms with Crippen LogP contribution in [0.15, 0.2) is 59.1 Å². The number of hydrogen-bond acceptors (Lipinski definition) is 8. The molecule has 4 rings (SSSR count). The molecule has 1 N–H and O–H groups in total. The van der Waals surface area contributed by atoms with Gasteiger partial charge in [-0.25, -0.2) is 4.79 Å². The van der Waals surface area contributed by atoms with Gasteiger partial charge in [-0.3, -0.25) is 4.79 Å². The Kier molecular flexibility index (Phi) is 9.09. The number of anilines is 1. The molecule has 1 unspecified atom stereocenters. The average Bonchev–Trinajstić information content (AvgIpc) is 3.52. The fourth-order valence-electron chi connectivity index (χ4n) is 3.77. The minimum absolute atomic E-state index is 0.0835. The lowest BCUT2D eigenvalue weighted by Gasteiger charge is -2.15. The maximum absolute atomic E-state index is 12.9. The van der Waals surface area contributed by atoms with Gasteiger partial charge in [-0.15, -0.1) is 21.5 Å². The average molecular weight is 571 g/mol. The molecule has 0 radical (unpaired) electrons. The standard InChI is InChI=1S/C27H27ClN4O4S2/c1-5-32-24(17(3)36-20-12-6-16(2)7-13-20)30-31-27(32)38-15-22(33)29-25-23(26(34)35-4)21(14-37-25)18-8-10-19(28)11-9-18/h6-14,17H,5,15H2,1-4H3,(H,29,33). The van der Waals surface area contributed by atoms with E-state index in [0.29, 0.717) is 38.7 Å². The molecule has 0 aliphatic rings. The van der Waals surface area contributed by atoms with E-state index in [0.717, 1.165) is 16.9 Å². The predicted molar refractivity (Wildman–Crippen MR) is 151 cm³/mol. The molecule has 38 heavy (non-hydrogen) atoms. The van der Waals surface area contributed by atoms with Crippen molar-refractivity contribution in [2.45, 2.75) is 38.6 Å². The van der Waals surface area contributed by atoms with Gasteiger partial charge in [0.15, 0.2) is 17.1 Å². The summed E-state index contributed by atoms with van der Waals surface area (Å²) in [5, 5.41) is 14.9. The number of amides is 1. The third-order valence-corrected chi connectivity index (χ3v) is 7.79. The molecule has 0 bridgehead atoms. The van der Waals surface area contributed by atoms with E-state index < -0.39 is 5.97 Å². The Labute approximate surface area is 234 Å². The molecule has 0 aliphatic heterocycles. The highest BCUT2D eigenvalue weighted by Gasteiger charge is 2.23. The lowest BCUT2D eigenvalue weighted by Crippen LogP contribution is -2.17. The van der Waals surface area contributed by atoms with Crippen LogP contribution in [0.4, 0.5) is 5.00 Å². The fraction of sp³-hybridized carbons (Fsp3) is 0.259. The van der Waals surface area contributed by atoms with Crippen LogP contribution in [0.1, 0.15) is 41.7 Å². The summed E-state index contributed by atoms with van der Waals surface area (Å²) in [5.41, 5.74) is 2.92. The number of esters is 1. The minimum Gasteiger partial charge on any atom is -0.483 e. The Hall–Kier alpha value is -3.34. The number of nitrogens with zero attached hydrogens (tertiary/aromatic N) is 3. The first-order valence-electron chi connectivity index (χ1n) is 11.9. The van der Waals surface area contributed by atoms with Crippen molar-refractivity contribution < 1.29 is 19.1 Å². The SMILES string of the molecule is CCn1c(SCC(=O)Nc2scc(-c3ccc(Cl)cc3)c2C(=O)OC)nnc1C(C)Oc1ccc(C)cc1. The number of carbonyl (C=O) groups excluding carboxylic acids is 2. The Morgan fingerprint density at radius 2 is 1.84 bits per heavy atom. The first-order chi connectivity index (χ1) is 18.3. The number of aromatic nitrogens is 3. The van der Waals surface area contributed by atoms with Crippen molar-refractivity contribution in [3.63, 3.8) is 0 Å². The molecule has 8 nitrogen and oxygen atoms in total. The Morgan fingerprint density at radius 3 is 2.50 bits per heavy atom. The smallest absolute Gasteiger partial charge is 0.341 e. The molecule has 4 aromatic rings. The number of benzene rings is 2. The second-order valence-electron chi connectivity index (χ2n) is 8.35. The number of halogens is 1. The van der Waals surface area contributed by atoms with Crippen LogP contribution < -0.4 is 10.1 Å². The highest BCUT2D eigenvalue weighted by Crippen LogP contribution is 2.37. The van der Waals surface area contributed by atoms with Crippen molar-refractivity contribution in [1.29, 1.82) is 0 Å². The third-order valence-electron chi connectivity index (χ3n) is 5.68. The molecule has 11 heteroatoms. The molecule has 2 aromatic heterocycles. The van der Waals surface area contributed by atoms with Gasteiger partial charge in [0.2, 0.25) is 5.91 Å². The molecule has 2 aromatic carbocycles. The highest BCUT2D eigenvalue weighted by molar-refractivity contribution is 7.99. The number of carbonyl (C=O) groups is 2. The van der Waals surface area contributed by atoms with Crippen molar-refractivity contribution in [3.05, 3.63) is 75.9 Å². The molecule has 0 spiro atoms. The molecule has 0 aliphatic carbocycles. The first-order valence-corrected chi connectivity index (χ1v) is 14.1. The second-order valence-corrected chi connectivity index (χ2v) is 10.6. The summed E-state index contributed by atoms with van der Waals surface area (Å²) in [4.78, 5) is 25.5. The zero-order chi connectivity index (χ0) is 27.2. The highest BCUT2D eigenvalue weighted by atomic mass is 35.5.